The molecule has 17 heavy (non-hydrogen) atoms. The van der Waals surface area contributed by atoms with Crippen LogP contribution in [0.15, 0.2) is 42.6 Å². The molecular weight excluding hydrogens is 221 g/mol. The predicted molar refractivity (Wildman–Crippen MR) is 61.3 cm³/mol. The minimum absolute atomic E-state index is 0.337. The molecular formula is C13H12FNO2. The average molecular weight is 233 g/mol. The molecule has 88 valence electrons. The molecule has 0 aliphatic heterocycles. The number of ether oxygens (including phenoxy) is 1. The first-order valence-electron chi connectivity index (χ1n) is 5.15. The molecule has 0 spiro atoms. The number of methoxy groups -OCH3 is 1. The summed E-state index contributed by atoms with van der Waals surface area (Å²) in [7, 11) is 1.48. The molecule has 1 aromatic carbocycles. The molecule has 0 bridgehead atoms. The summed E-state index contributed by atoms with van der Waals surface area (Å²) in [4.78, 5) is 3.99. The van der Waals surface area contributed by atoms with Gasteiger partial charge in [0.15, 0.2) is 0 Å². The Morgan fingerprint density at radius 3 is 2.82 bits per heavy atom. The lowest BCUT2D eigenvalue weighted by Gasteiger charge is -2.13. The van der Waals surface area contributed by atoms with Crippen LogP contribution in [0.4, 0.5) is 4.39 Å². The molecule has 1 aromatic heterocycles. The van der Waals surface area contributed by atoms with Gasteiger partial charge in [0.25, 0.3) is 0 Å². The molecule has 0 aliphatic carbocycles. The molecule has 0 radical (unpaired) electrons. The van der Waals surface area contributed by atoms with E-state index in [0.717, 1.165) is 0 Å². The van der Waals surface area contributed by atoms with Gasteiger partial charge >= 0.3 is 0 Å². The zero-order chi connectivity index (χ0) is 12.3. The van der Waals surface area contributed by atoms with Gasteiger partial charge in [0.2, 0.25) is 5.88 Å². The Hall–Kier alpha value is -1.94. The number of halogens is 1. The molecule has 2 aromatic rings. The van der Waals surface area contributed by atoms with Gasteiger partial charge in [0.05, 0.1) is 7.11 Å². The van der Waals surface area contributed by atoms with Crippen LogP contribution in [0.25, 0.3) is 0 Å². The van der Waals surface area contributed by atoms with Gasteiger partial charge in [-0.1, -0.05) is 12.1 Å². The van der Waals surface area contributed by atoms with E-state index in [1.54, 1.807) is 30.5 Å². The van der Waals surface area contributed by atoms with Crippen LogP contribution < -0.4 is 4.74 Å². The first-order chi connectivity index (χ1) is 8.22. The number of hydrogen-bond donors (Lipinski definition) is 1. The molecule has 1 atom stereocenters. The van der Waals surface area contributed by atoms with Gasteiger partial charge in [-0.15, -0.1) is 0 Å². The normalized spacial score (nSPS) is 12.2. The SMILES string of the molecule is COc1ncccc1C(O)c1cccc(F)c1. The topological polar surface area (TPSA) is 42.4 Å². The van der Waals surface area contributed by atoms with E-state index < -0.39 is 6.10 Å². The molecule has 0 fully saturated rings. The van der Waals surface area contributed by atoms with Gasteiger partial charge < -0.3 is 9.84 Å². The van der Waals surface area contributed by atoms with Crippen LogP contribution >= 0.6 is 0 Å². The second kappa shape index (κ2) is 4.93. The maximum atomic E-state index is 13.1. The maximum absolute atomic E-state index is 13.1. The van der Waals surface area contributed by atoms with Crippen molar-refractivity contribution >= 4 is 0 Å². The zero-order valence-corrected chi connectivity index (χ0v) is 9.30. The van der Waals surface area contributed by atoms with Crippen LogP contribution in [-0.2, 0) is 0 Å². The Labute approximate surface area is 98.5 Å². The Kier molecular flexibility index (Phi) is 3.35. The van der Waals surface area contributed by atoms with Crippen molar-refractivity contribution in [2.45, 2.75) is 6.10 Å². The second-order valence-electron chi connectivity index (χ2n) is 3.56. The van der Waals surface area contributed by atoms with Crippen molar-refractivity contribution in [3.8, 4) is 5.88 Å². The average Bonchev–Trinajstić information content (AvgIpc) is 2.38. The quantitative estimate of drug-likeness (QED) is 0.884. The number of rotatable bonds is 3. The summed E-state index contributed by atoms with van der Waals surface area (Å²) in [5.74, 6) is -0.0475. The van der Waals surface area contributed by atoms with Gasteiger partial charge in [0.1, 0.15) is 11.9 Å². The highest BCUT2D eigenvalue weighted by atomic mass is 19.1. The van der Waals surface area contributed by atoms with E-state index in [-0.39, 0.29) is 5.82 Å². The van der Waals surface area contributed by atoms with Crippen LogP contribution in [0.1, 0.15) is 17.2 Å². The highest BCUT2D eigenvalue weighted by Gasteiger charge is 2.16. The van der Waals surface area contributed by atoms with E-state index in [1.165, 1.54) is 19.2 Å². The number of nitrogens with zero attached hydrogens (tertiary/aromatic N) is 1. The molecule has 0 amide bonds. The van der Waals surface area contributed by atoms with E-state index in [4.69, 9.17) is 4.74 Å². The summed E-state index contributed by atoms with van der Waals surface area (Å²) in [5.41, 5.74) is 0.983. The molecule has 4 heteroatoms. The lowest BCUT2D eigenvalue weighted by Crippen LogP contribution is -2.03. The Morgan fingerprint density at radius 1 is 1.29 bits per heavy atom. The standard InChI is InChI=1S/C13H12FNO2/c1-17-13-11(6-3-7-15-13)12(16)9-4-2-5-10(14)8-9/h2-8,12,16H,1H3. The van der Waals surface area contributed by atoms with Gasteiger partial charge in [-0.25, -0.2) is 9.37 Å². The third-order valence-corrected chi connectivity index (χ3v) is 2.45. The molecule has 1 N–H and O–H groups in total. The number of hydrogen-bond acceptors (Lipinski definition) is 3. The van der Waals surface area contributed by atoms with Crippen molar-refractivity contribution in [3.05, 3.63) is 59.5 Å². The summed E-state index contributed by atoms with van der Waals surface area (Å²) in [6.45, 7) is 0. The molecule has 0 saturated carbocycles. The van der Waals surface area contributed by atoms with Gasteiger partial charge in [-0.2, -0.15) is 0 Å². The molecule has 1 heterocycles. The molecule has 1 unspecified atom stereocenters. The number of pyridine rings is 1. The second-order valence-corrected chi connectivity index (χ2v) is 3.56. The van der Waals surface area contributed by atoms with Gasteiger partial charge in [-0.05, 0) is 29.8 Å². The fourth-order valence-corrected chi connectivity index (χ4v) is 1.64. The van der Waals surface area contributed by atoms with Crippen LogP contribution in [0.2, 0.25) is 0 Å². The summed E-state index contributed by atoms with van der Waals surface area (Å²) in [6.07, 6.45) is 0.620. The smallest absolute Gasteiger partial charge is 0.219 e. The van der Waals surface area contributed by atoms with Gasteiger partial charge in [0, 0.05) is 11.8 Å². The predicted octanol–water partition coefficient (Wildman–Crippen LogP) is 2.31. The van der Waals surface area contributed by atoms with E-state index in [9.17, 15) is 9.50 Å². The van der Waals surface area contributed by atoms with Crippen molar-refractivity contribution in [3.63, 3.8) is 0 Å². The van der Waals surface area contributed by atoms with Gasteiger partial charge in [-0.3, -0.25) is 0 Å². The van der Waals surface area contributed by atoms with Crippen LogP contribution in [0.5, 0.6) is 5.88 Å². The van der Waals surface area contributed by atoms with E-state index in [0.29, 0.717) is 17.0 Å². The number of aliphatic hydroxyl groups is 1. The maximum Gasteiger partial charge on any atom is 0.219 e. The van der Waals surface area contributed by atoms with Crippen molar-refractivity contribution in [2.75, 3.05) is 7.11 Å². The fraction of sp³-hybridized carbons (Fsp3) is 0.154. The molecule has 0 aliphatic rings. The largest absolute Gasteiger partial charge is 0.481 e. The minimum Gasteiger partial charge on any atom is -0.481 e. The van der Waals surface area contributed by atoms with Crippen LogP contribution in [0, 0.1) is 5.82 Å². The van der Waals surface area contributed by atoms with Crippen molar-refractivity contribution in [1.29, 1.82) is 0 Å². The highest BCUT2D eigenvalue weighted by Crippen LogP contribution is 2.28. The molecule has 3 nitrogen and oxygen atoms in total. The van der Waals surface area contributed by atoms with Crippen molar-refractivity contribution in [2.24, 2.45) is 0 Å². The molecule has 0 saturated heterocycles. The van der Waals surface area contributed by atoms with Crippen LogP contribution in [-0.4, -0.2) is 17.2 Å². The van der Waals surface area contributed by atoms with Crippen LogP contribution in [0.3, 0.4) is 0 Å². The minimum atomic E-state index is -0.950. The number of aromatic nitrogens is 1. The van der Waals surface area contributed by atoms with E-state index in [2.05, 4.69) is 4.98 Å². The van der Waals surface area contributed by atoms with Crippen molar-refractivity contribution < 1.29 is 14.2 Å². The van der Waals surface area contributed by atoms with E-state index >= 15 is 0 Å². The Morgan fingerprint density at radius 2 is 2.12 bits per heavy atom. The Balaban J connectivity index is 2.40. The first kappa shape index (κ1) is 11.5. The zero-order valence-electron chi connectivity index (χ0n) is 9.30. The third-order valence-electron chi connectivity index (χ3n) is 2.45. The van der Waals surface area contributed by atoms with E-state index in [1.807, 2.05) is 0 Å². The summed E-state index contributed by atoms with van der Waals surface area (Å²) >= 11 is 0. The lowest BCUT2D eigenvalue weighted by atomic mass is 10.0. The third kappa shape index (κ3) is 2.42. The number of benzene rings is 1. The molecule has 2 rings (SSSR count). The first-order valence-corrected chi connectivity index (χ1v) is 5.15. The summed E-state index contributed by atoms with van der Waals surface area (Å²) in [6, 6.07) is 9.21. The summed E-state index contributed by atoms with van der Waals surface area (Å²) < 4.78 is 18.1. The number of aliphatic hydroxyl groups excluding tert-OH is 1. The Bertz CT molecular complexity index is 516. The highest BCUT2D eigenvalue weighted by molar-refractivity contribution is 5.35. The fourth-order valence-electron chi connectivity index (χ4n) is 1.64. The van der Waals surface area contributed by atoms with Crippen molar-refractivity contribution in [1.82, 2.24) is 4.98 Å². The summed E-state index contributed by atoms with van der Waals surface area (Å²) in [5, 5.41) is 10.1. The lowest BCUT2D eigenvalue weighted by molar-refractivity contribution is 0.213. The monoisotopic (exact) mass is 233 g/mol.